The lowest BCUT2D eigenvalue weighted by Crippen LogP contribution is -2.49. The summed E-state index contributed by atoms with van der Waals surface area (Å²) in [5.74, 6) is -1.62. The molecule has 0 saturated carbocycles. The molecule has 3 amide bonds. The topological polar surface area (TPSA) is 98.7 Å². The van der Waals surface area contributed by atoms with Gasteiger partial charge in [0.2, 0.25) is 5.91 Å². The Hall–Kier alpha value is -1.79. The molecule has 0 spiro atoms. The molecular weight excluding hydrogens is 250 g/mol. The van der Waals surface area contributed by atoms with E-state index in [1.807, 2.05) is 6.92 Å². The summed E-state index contributed by atoms with van der Waals surface area (Å²) in [5.41, 5.74) is 0. The number of carboxylic acids is 1. The van der Waals surface area contributed by atoms with Gasteiger partial charge in [0.1, 0.15) is 0 Å². The van der Waals surface area contributed by atoms with Crippen molar-refractivity contribution in [3.63, 3.8) is 0 Å². The minimum absolute atomic E-state index is 0.0763. The Labute approximate surface area is 112 Å². The molecule has 108 valence electrons. The molecule has 3 N–H and O–H groups in total. The summed E-state index contributed by atoms with van der Waals surface area (Å²) in [6.07, 6.45) is 2.11. The lowest BCUT2D eigenvalue weighted by atomic mass is 9.99. The Bertz CT molecular complexity index is 346. The number of hydrogen-bond acceptors (Lipinski definition) is 3. The van der Waals surface area contributed by atoms with Gasteiger partial charge < -0.3 is 20.6 Å². The highest BCUT2D eigenvalue weighted by Gasteiger charge is 2.28. The van der Waals surface area contributed by atoms with Crippen LogP contribution in [-0.4, -0.2) is 54.1 Å². The third kappa shape index (κ3) is 5.15. The Morgan fingerprint density at radius 3 is 2.68 bits per heavy atom. The highest BCUT2D eigenvalue weighted by Crippen LogP contribution is 2.16. The van der Waals surface area contributed by atoms with Crippen LogP contribution in [-0.2, 0) is 9.59 Å². The van der Waals surface area contributed by atoms with Crippen molar-refractivity contribution in [1.29, 1.82) is 0 Å². The summed E-state index contributed by atoms with van der Waals surface area (Å²) >= 11 is 0. The van der Waals surface area contributed by atoms with Gasteiger partial charge in [-0.3, -0.25) is 9.59 Å². The van der Waals surface area contributed by atoms with Crippen LogP contribution in [0.15, 0.2) is 0 Å². The number of likely N-dealkylation sites (tertiary alicyclic amines) is 1. The predicted octanol–water partition coefficient (Wildman–Crippen LogP) is 0.0188. The molecule has 0 bridgehead atoms. The van der Waals surface area contributed by atoms with Gasteiger partial charge >= 0.3 is 12.0 Å². The van der Waals surface area contributed by atoms with Crippen LogP contribution in [0, 0.1) is 5.92 Å². The number of aliphatic carboxylic acids is 1. The number of carbonyl (C=O) groups excluding carboxylic acids is 2. The molecule has 1 aliphatic rings. The Morgan fingerprint density at radius 1 is 1.32 bits per heavy atom. The third-order valence-corrected chi connectivity index (χ3v) is 3.03. The first-order valence-electron chi connectivity index (χ1n) is 6.56. The lowest BCUT2D eigenvalue weighted by molar-refractivity contribution is -0.143. The van der Waals surface area contributed by atoms with Crippen molar-refractivity contribution >= 4 is 17.9 Å². The van der Waals surface area contributed by atoms with E-state index in [2.05, 4.69) is 10.6 Å². The van der Waals surface area contributed by atoms with Gasteiger partial charge in [-0.1, -0.05) is 6.92 Å². The normalized spacial score (nSPS) is 18.8. The molecular formula is C12H21N3O4. The highest BCUT2D eigenvalue weighted by atomic mass is 16.4. The van der Waals surface area contributed by atoms with Crippen LogP contribution in [0.1, 0.15) is 26.2 Å². The Kier molecular flexibility index (Phi) is 6.11. The average Bonchev–Trinajstić information content (AvgIpc) is 2.42. The lowest BCUT2D eigenvalue weighted by Gasteiger charge is -2.30. The van der Waals surface area contributed by atoms with E-state index in [0.717, 1.165) is 6.42 Å². The molecule has 1 saturated heterocycles. The summed E-state index contributed by atoms with van der Waals surface area (Å²) in [5, 5.41) is 14.1. The van der Waals surface area contributed by atoms with Gasteiger partial charge in [0.25, 0.3) is 0 Å². The molecule has 0 unspecified atom stereocenters. The van der Waals surface area contributed by atoms with Crippen LogP contribution >= 0.6 is 0 Å². The van der Waals surface area contributed by atoms with Crippen LogP contribution in [0.25, 0.3) is 0 Å². The molecule has 7 heteroatoms. The van der Waals surface area contributed by atoms with E-state index >= 15 is 0 Å². The van der Waals surface area contributed by atoms with Gasteiger partial charge in [0.05, 0.1) is 12.5 Å². The van der Waals surface area contributed by atoms with Gasteiger partial charge in [0.15, 0.2) is 0 Å². The van der Waals surface area contributed by atoms with E-state index in [1.54, 1.807) is 0 Å². The van der Waals surface area contributed by atoms with Crippen molar-refractivity contribution < 1.29 is 19.5 Å². The van der Waals surface area contributed by atoms with Crippen molar-refractivity contribution in [3.8, 4) is 0 Å². The number of nitrogens with zero attached hydrogens (tertiary/aromatic N) is 1. The van der Waals surface area contributed by atoms with Crippen LogP contribution in [0.4, 0.5) is 4.79 Å². The standard InChI is InChI=1S/C12H21N3O4/c1-2-5-13-10(16)7-14-12(19)15-6-3-4-9(8-15)11(17)18/h9H,2-8H2,1H3,(H,13,16)(H,14,19)(H,17,18)/t9-/m0/s1. The zero-order valence-electron chi connectivity index (χ0n) is 11.1. The van der Waals surface area contributed by atoms with Gasteiger partial charge in [-0.25, -0.2) is 4.79 Å². The first kappa shape index (κ1) is 15.3. The first-order chi connectivity index (χ1) is 9.04. The maximum Gasteiger partial charge on any atom is 0.317 e. The quantitative estimate of drug-likeness (QED) is 0.656. The monoisotopic (exact) mass is 271 g/mol. The summed E-state index contributed by atoms with van der Waals surface area (Å²) in [7, 11) is 0. The van der Waals surface area contributed by atoms with Gasteiger partial charge in [-0.2, -0.15) is 0 Å². The summed E-state index contributed by atoms with van der Waals surface area (Å²) in [6, 6.07) is -0.377. The van der Waals surface area contributed by atoms with Crippen LogP contribution in [0.3, 0.4) is 0 Å². The zero-order chi connectivity index (χ0) is 14.3. The molecule has 0 aromatic carbocycles. The second-order valence-corrected chi connectivity index (χ2v) is 4.63. The van der Waals surface area contributed by atoms with Crippen molar-refractivity contribution in [2.45, 2.75) is 26.2 Å². The van der Waals surface area contributed by atoms with Crippen molar-refractivity contribution in [2.24, 2.45) is 5.92 Å². The van der Waals surface area contributed by atoms with E-state index in [-0.39, 0.29) is 25.0 Å². The van der Waals surface area contributed by atoms with Gasteiger partial charge in [-0.15, -0.1) is 0 Å². The highest BCUT2D eigenvalue weighted by molar-refractivity contribution is 5.84. The largest absolute Gasteiger partial charge is 0.481 e. The van der Waals surface area contributed by atoms with Crippen LogP contribution in [0.2, 0.25) is 0 Å². The number of piperidine rings is 1. The molecule has 0 radical (unpaired) electrons. The number of nitrogens with one attached hydrogen (secondary N) is 2. The third-order valence-electron chi connectivity index (χ3n) is 3.03. The van der Waals surface area contributed by atoms with E-state index < -0.39 is 11.9 Å². The molecule has 0 aromatic heterocycles. The number of rotatable bonds is 5. The van der Waals surface area contributed by atoms with Gasteiger partial charge in [-0.05, 0) is 19.3 Å². The number of urea groups is 1. The van der Waals surface area contributed by atoms with Crippen molar-refractivity contribution in [1.82, 2.24) is 15.5 Å². The maximum atomic E-state index is 11.8. The second-order valence-electron chi connectivity index (χ2n) is 4.63. The smallest absolute Gasteiger partial charge is 0.317 e. The zero-order valence-corrected chi connectivity index (χ0v) is 11.1. The van der Waals surface area contributed by atoms with Crippen LogP contribution in [0.5, 0.6) is 0 Å². The Balaban J connectivity index is 2.32. The van der Waals surface area contributed by atoms with E-state index in [0.29, 0.717) is 25.9 Å². The summed E-state index contributed by atoms with van der Waals surface area (Å²) in [6.45, 7) is 3.19. The van der Waals surface area contributed by atoms with Crippen molar-refractivity contribution in [2.75, 3.05) is 26.2 Å². The number of hydrogen-bond donors (Lipinski definition) is 3. The molecule has 7 nitrogen and oxygen atoms in total. The fourth-order valence-corrected chi connectivity index (χ4v) is 1.96. The SMILES string of the molecule is CCCNC(=O)CNC(=O)N1CCC[C@H](C(=O)O)C1. The molecule has 1 rings (SSSR count). The number of carboxylic acid groups (broad SMARTS) is 1. The fraction of sp³-hybridized carbons (Fsp3) is 0.750. The molecule has 1 fully saturated rings. The van der Waals surface area contributed by atoms with Gasteiger partial charge in [0, 0.05) is 19.6 Å². The van der Waals surface area contributed by atoms with E-state index in [1.165, 1.54) is 4.90 Å². The van der Waals surface area contributed by atoms with E-state index in [4.69, 9.17) is 5.11 Å². The van der Waals surface area contributed by atoms with Crippen molar-refractivity contribution in [3.05, 3.63) is 0 Å². The number of amides is 3. The maximum absolute atomic E-state index is 11.8. The molecule has 19 heavy (non-hydrogen) atoms. The predicted molar refractivity (Wildman–Crippen MR) is 68.6 cm³/mol. The molecule has 1 heterocycles. The summed E-state index contributed by atoms with van der Waals surface area (Å²) in [4.78, 5) is 35.4. The van der Waals surface area contributed by atoms with Crippen LogP contribution < -0.4 is 10.6 Å². The average molecular weight is 271 g/mol. The second kappa shape index (κ2) is 7.60. The minimum Gasteiger partial charge on any atom is -0.481 e. The molecule has 0 aromatic rings. The first-order valence-corrected chi connectivity index (χ1v) is 6.56. The molecule has 1 atom stereocenters. The molecule has 0 aliphatic carbocycles. The fourth-order valence-electron chi connectivity index (χ4n) is 1.96. The number of carbonyl (C=O) groups is 3. The van der Waals surface area contributed by atoms with E-state index in [9.17, 15) is 14.4 Å². The summed E-state index contributed by atoms with van der Waals surface area (Å²) < 4.78 is 0. The molecule has 1 aliphatic heterocycles. The Morgan fingerprint density at radius 2 is 2.05 bits per heavy atom. The minimum atomic E-state index is -0.877.